The second kappa shape index (κ2) is 9.84. The van der Waals surface area contributed by atoms with Gasteiger partial charge in [0.15, 0.2) is 18.1 Å². The summed E-state index contributed by atoms with van der Waals surface area (Å²) in [6.07, 6.45) is 2.75. The normalized spacial score (nSPS) is 15.0. The molecule has 1 aliphatic rings. The summed E-state index contributed by atoms with van der Waals surface area (Å²) in [6, 6.07) is 6.91. The number of nitrogens with one attached hydrogen (secondary N) is 1. The van der Waals surface area contributed by atoms with E-state index in [-0.39, 0.29) is 11.7 Å². The van der Waals surface area contributed by atoms with Gasteiger partial charge in [-0.05, 0) is 62.8 Å². The summed E-state index contributed by atoms with van der Waals surface area (Å²) in [5, 5.41) is 12.8. The van der Waals surface area contributed by atoms with Crippen molar-refractivity contribution in [3.05, 3.63) is 39.8 Å². The Kier molecular flexibility index (Phi) is 7.18. The second-order valence-electron chi connectivity index (χ2n) is 7.82. The van der Waals surface area contributed by atoms with Gasteiger partial charge in [0.25, 0.3) is 5.91 Å². The average molecular weight is 443 g/mol. The number of anilines is 1. The number of hydrogen-bond acceptors (Lipinski definition) is 7. The van der Waals surface area contributed by atoms with E-state index in [2.05, 4.69) is 18.3 Å². The number of hydrogen-bond donors (Lipinski definition) is 1. The zero-order valence-corrected chi connectivity index (χ0v) is 18.9. The van der Waals surface area contributed by atoms with Crippen molar-refractivity contribution in [3.8, 4) is 17.6 Å². The lowest BCUT2D eigenvalue weighted by Crippen LogP contribution is -2.21. The lowest BCUT2D eigenvalue weighted by molar-refractivity contribution is -0.119. The minimum Gasteiger partial charge on any atom is -0.493 e. The van der Waals surface area contributed by atoms with Gasteiger partial charge in [-0.2, -0.15) is 5.26 Å². The van der Waals surface area contributed by atoms with Gasteiger partial charge in [-0.15, -0.1) is 11.3 Å². The van der Waals surface area contributed by atoms with Crippen LogP contribution in [0.4, 0.5) is 5.00 Å². The van der Waals surface area contributed by atoms with Crippen LogP contribution < -0.4 is 14.8 Å². The van der Waals surface area contributed by atoms with Gasteiger partial charge >= 0.3 is 5.97 Å². The number of esters is 1. The smallest absolute Gasteiger partial charge is 0.338 e. The first-order chi connectivity index (χ1) is 14.8. The van der Waals surface area contributed by atoms with Gasteiger partial charge in [0, 0.05) is 4.88 Å². The molecule has 3 rings (SSSR count). The summed E-state index contributed by atoms with van der Waals surface area (Å²) in [6.45, 7) is 5.52. The lowest BCUT2D eigenvalue weighted by atomic mass is 9.89. The SMILES string of the molecule is COc1cc(C(=O)OCC(=O)Nc2sc3c(c2C#N)CCC(C)C3)ccc1OC(C)C. The molecule has 0 fully saturated rings. The van der Waals surface area contributed by atoms with Crippen molar-refractivity contribution in [2.75, 3.05) is 19.0 Å². The first-order valence-electron chi connectivity index (χ1n) is 10.2. The maximum absolute atomic E-state index is 12.4. The number of carbonyl (C=O) groups is 2. The molecule has 1 aromatic heterocycles. The van der Waals surface area contributed by atoms with Crippen molar-refractivity contribution >= 4 is 28.2 Å². The Morgan fingerprint density at radius 2 is 2.10 bits per heavy atom. The minimum atomic E-state index is -0.649. The monoisotopic (exact) mass is 442 g/mol. The first kappa shape index (κ1) is 22.6. The van der Waals surface area contributed by atoms with Gasteiger partial charge < -0.3 is 19.5 Å². The number of amides is 1. The van der Waals surface area contributed by atoms with E-state index < -0.39 is 18.5 Å². The molecule has 1 heterocycles. The van der Waals surface area contributed by atoms with Gasteiger partial charge in [0.2, 0.25) is 0 Å². The zero-order valence-electron chi connectivity index (χ0n) is 18.1. The molecule has 1 atom stereocenters. The molecule has 7 nitrogen and oxygen atoms in total. The van der Waals surface area contributed by atoms with Gasteiger partial charge in [-0.25, -0.2) is 4.79 Å². The van der Waals surface area contributed by atoms with Gasteiger partial charge in [-0.1, -0.05) is 6.92 Å². The van der Waals surface area contributed by atoms with Crippen molar-refractivity contribution in [1.29, 1.82) is 5.26 Å². The minimum absolute atomic E-state index is 0.0418. The van der Waals surface area contributed by atoms with E-state index >= 15 is 0 Å². The van der Waals surface area contributed by atoms with Crippen LogP contribution in [0.3, 0.4) is 0 Å². The van der Waals surface area contributed by atoms with Crippen LogP contribution in [0.2, 0.25) is 0 Å². The zero-order chi connectivity index (χ0) is 22.5. The Balaban J connectivity index is 1.63. The highest BCUT2D eigenvalue weighted by Gasteiger charge is 2.25. The predicted octanol–water partition coefficient (Wildman–Crippen LogP) is 4.34. The Labute approximate surface area is 185 Å². The molecule has 0 saturated carbocycles. The van der Waals surface area contributed by atoms with Crippen LogP contribution in [0.25, 0.3) is 0 Å². The first-order valence-corrected chi connectivity index (χ1v) is 11.0. The van der Waals surface area contributed by atoms with E-state index in [1.165, 1.54) is 24.5 Å². The van der Waals surface area contributed by atoms with Gasteiger partial charge in [0.05, 0.1) is 24.3 Å². The number of ether oxygens (including phenoxy) is 3. The third-order valence-corrected chi connectivity index (χ3v) is 6.14. The van der Waals surface area contributed by atoms with E-state index in [9.17, 15) is 14.9 Å². The Morgan fingerprint density at radius 3 is 2.77 bits per heavy atom. The molecule has 8 heteroatoms. The number of methoxy groups -OCH3 is 1. The summed E-state index contributed by atoms with van der Waals surface area (Å²) < 4.78 is 16.1. The molecule has 1 aromatic carbocycles. The lowest BCUT2D eigenvalue weighted by Gasteiger charge is -2.17. The van der Waals surface area contributed by atoms with Crippen molar-refractivity contribution in [2.45, 2.75) is 46.1 Å². The average Bonchev–Trinajstić information content (AvgIpc) is 3.07. The van der Waals surface area contributed by atoms with Crippen molar-refractivity contribution in [1.82, 2.24) is 0 Å². The number of thiophene rings is 1. The fraction of sp³-hybridized carbons (Fsp3) is 0.435. The number of nitriles is 1. The summed E-state index contributed by atoms with van der Waals surface area (Å²) in [5.41, 5.74) is 1.81. The molecule has 1 aliphatic carbocycles. The van der Waals surface area contributed by atoms with Crippen LogP contribution in [-0.2, 0) is 22.4 Å². The molecule has 0 bridgehead atoms. The van der Waals surface area contributed by atoms with Gasteiger partial charge in [-0.3, -0.25) is 4.79 Å². The molecule has 31 heavy (non-hydrogen) atoms. The largest absolute Gasteiger partial charge is 0.493 e. The number of rotatable bonds is 7. The van der Waals surface area contributed by atoms with E-state index in [0.717, 1.165) is 29.7 Å². The molecular formula is C23H26N2O5S. The molecule has 1 unspecified atom stereocenters. The number of nitrogens with zero attached hydrogens (tertiary/aromatic N) is 1. The van der Waals surface area contributed by atoms with Crippen LogP contribution in [0.5, 0.6) is 11.5 Å². The fourth-order valence-corrected chi connectivity index (χ4v) is 4.86. The third kappa shape index (κ3) is 5.36. The Bertz CT molecular complexity index is 1020. The maximum Gasteiger partial charge on any atom is 0.338 e. The highest BCUT2D eigenvalue weighted by atomic mass is 32.1. The molecule has 1 amide bonds. The summed E-state index contributed by atoms with van der Waals surface area (Å²) in [4.78, 5) is 25.9. The Morgan fingerprint density at radius 1 is 1.32 bits per heavy atom. The van der Waals surface area contributed by atoms with E-state index in [1.807, 2.05) is 13.8 Å². The van der Waals surface area contributed by atoms with Crippen LogP contribution in [-0.4, -0.2) is 31.7 Å². The van der Waals surface area contributed by atoms with E-state index in [1.54, 1.807) is 12.1 Å². The van der Waals surface area contributed by atoms with E-state index in [0.29, 0.717) is 28.0 Å². The molecule has 0 saturated heterocycles. The summed E-state index contributed by atoms with van der Waals surface area (Å²) >= 11 is 1.44. The van der Waals surface area contributed by atoms with Crippen LogP contribution >= 0.6 is 11.3 Å². The van der Waals surface area contributed by atoms with Crippen molar-refractivity contribution in [3.63, 3.8) is 0 Å². The predicted molar refractivity (Wildman–Crippen MR) is 118 cm³/mol. The second-order valence-corrected chi connectivity index (χ2v) is 8.93. The quantitative estimate of drug-likeness (QED) is 0.641. The molecule has 0 aliphatic heterocycles. The third-order valence-electron chi connectivity index (χ3n) is 4.97. The van der Waals surface area contributed by atoms with Crippen LogP contribution in [0, 0.1) is 17.2 Å². The Hall–Kier alpha value is -3.05. The van der Waals surface area contributed by atoms with Crippen LogP contribution in [0.1, 0.15) is 53.6 Å². The topological polar surface area (TPSA) is 97.6 Å². The molecule has 0 spiro atoms. The van der Waals surface area contributed by atoms with Gasteiger partial charge in [0.1, 0.15) is 11.1 Å². The number of fused-ring (bicyclic) bond motifs is 1. The highest BCUT2D eigenvalue weighted by Crippen LogP contribution is 2.39. The maximum atomic E-state index is 12.4. The molecular weight excluding hydrogens is 416 g/mol. The summed E-state index contributed by atoms with van der Waals surface area (Å²) in [7, 11) is 1.49. The number of carbonyl (C=O) groups excluding carboxylic acids is 2. The fourth-order valence-electron chi connectivity index (χ4n) is 3.48. The summed E-state index contributed by atoms with van der Waals surface area (Å²) in [5.74, 6) is 0.362. The van der Waals surface area contributed by atoms with E-state index in [4.69, 9.17) is 14.2 Å². The molecule has 164 valence electrons. The molecule has 1 N–H and O–H groups in total. The standard InChI is InChI=1S/C23H26N2O5S/c1-13(2)30-18-8-6-15(10-19(18)28-4)23(27)29-12-21(26)25-22-17(11-24)16-7-5-14(3)9-20(16)31-22/h6,8,10,13-14H,5,7,9,12H2,1-4H3,(H,25,26). The number of benzene rings is 1. The molecule has 2 aromatic rings. The van der Waals surface area contributed by atoms with Crippen molar-refractivity contribution in [2.24, 2.45) is 5.92 Å². The molecule has 0 radical (unpaired) electrons. The highest BCUT2D eigenvalue weighted by molar-refractivity contribution is 7.16. The van der Waals surface area contributed by atoms with Crippen molar-refractivity contribution < 1.29 is 23.8 Å². The van der Waals surface area contributed by atoms with Crippen LogP contribution in [0.15, 0.2) is 18.2 Å².